The van der Waals surface area contributed by atoms with E-state index in [4.69, 9.17) is 21.7 Å². The standard InChI is InChI=1S/C20H17F2NO4S2/c1-3-26-16-10-12(8-9-15(16)27-19(21)22)11-17-18(24)23(20(28)29-17)13-6-4-5-7-14(13)25-2/h4-11,19H,3H2,1-2H3/b17-11-. The number of ether oxygens (including phenoxy) is 3. The number of rotatable bonds is 7. The molecule has 2 aromatic carbocycles. The monoisotopic (exact) mass is 437 g/mol. The average molecular weight is 437 g/mol. The Morgan fingerprint density at radius 3 is 2.62 bits per heavy atom. The fourth-order valence-corrected chi connectivity index (χ4v) is 4.00. The molecule has 1 saturated heterocycles. The molecule has 3 rings (SSSR count). The van der Waals surface area contributed by atoms with Crippen LogP contribution in [-0.4, -0.2) is 30.6 Å². The smallest absolute Gasteiger partial charge is 0.387 e. The highest BCUT2D eigenvalue weighted by molar-refractivity contribution is 8.27. The molecule has 1 heterocycles. The highest BCUT2D eigenvalue weighted by Gasteiger charge is 2.34. The van der Waals surface area contributed by atoms with E-state index >= 15 is 0 Å². The van der Waals surface area contributed by atoms with Crippen LogP contribution in [-0.2, 0) is 4.79 Å². The van der Waals surface area contributed by atoms with Gasteiger partial charge in [-0.05, 0) is 42.8 Å². The third-order valence-electron chi connectivity index (χ3n) is 3.90. The van der Waals surface area contributed by atoms with Crippen molar-refractivity contribution in [3.63, 3.8) is 0 Å². The molecule has 0 atom stereocenters. The van der Waals surface area contributed by atoms with Gasteiger partial charge in [-0.3, -0.25) is 9.69 Å². The second-order valence-corrected chi connectivity index (χ2v) is 7.38. The van der Waals surface area contributed by atoms with Crippen molar-refractivity contribution in [1.82, 2.24) is 0 Å². The van der Waals surface area contributed by atoms with Gasteiger partial charge in [0.05, 0.1) is 24.3 Å². The van der Waals surface area contributed by atoms with E-state index in [0.29, 0.717) is 26.2 Å². The van der Waals surface area contributed by atoms with E-state index in [1.165, 1.54) is 24.1 Å². The number of carbonyl (C=O) groups excluding carboxylic acids is 1. The molecule has 0 unspecified atom stereocenters. The summed E-state index contributed by atoms with van der Waals surface area (Å²) in [5.41, 5.74) is 1.15. The van der Waals surface area contributed by atoms with Crippen LogP contribution in [0.25, 0.3) is 6.08 Å². The van der Waals surface area contributed by atoms with Gasteiger partial charge in [-0.2, -0.15) is 8.78 Å². The Bertz CT molecular complexity index is 965. The second kappa shape index (κ2) is 9.23. The first-order chi connectivity index (χ1) is 13.9. The number of nitrogens with zero attached hydrogens (tertiary/aromatic N) is 1. The lowest BCUT2D eigenvalue weighted by Gasteiger charge is -2.17. The van der Waals surface area contributed by atoms with E-state index in [0.717, 1.165) is 11.8 Å². The Kier molecular flexibility index (Phi) is 6.71. The summed E-state index contributed by atoms with van der Waals surface area (Å²) < 4.78 is 40.7. The maximum Gasteiger partial charge on any atom is 0.387 e. The molecule has 2 aromatic rings. The third kappa shape index (κ3) is 4.68. The predicted molar refractivity (Wildman–Crippen MR) is 113 cm³/mol. The first-order valence-electron chi connectivity index (χ1n) is 8.57. The highest BCUT2D eigenvalue weighted by atomic mass is 32.2. The minimum absolute atomic E-state index is 0.0689. The van der Waals surface area contributed by atoms with E-state index in [-0.39, 0.29) is 24.0 Å². The summed E-state index contributed by atoms with van der Waals surface area (Å²) in [6.07, 6.45) is 1.63. The number of amides is 1. The lowest BCUT2D eigenvalue weighted by atomic mass is 10.1. The van der Waals surface area contributed by atoms with Gasteiger partial charge in [0.1, 0.15) is 5.75 Å². The molecule has 0 N–H and O–H groups in total. The quantitative estimate of drug-likeness (QED) is 0.444. The number of thioether (sulfide) groups is 1. The van der Waals surface area contributed by atoms with Crippen LogP contribution in [0.3, 0.4) is 0 Å². The van der Waals surface area contributed by atoms with E-state index < -0.39 is 6.61 Å². The Balaban J connectivity index is 1.92. The summed E-state index contributed by atoms with van der Waals surface area (Å²) in [7, 11) is 1.52. The van der Waals surface area contributed by atoms with Crippen LogP contribution in [0.5, 0.6) is 17.2 Å². The number of hydrogen-bond donors (Lipinski definition) is 0. The molecule has 0 aromatic heterocycles. The number of hydrogen-bond acceptors (Lipinski definition) is 6. The van der Waals surface area contributed by atoms with Crippen molar-refractivity contribution >= 4 is 46.0 Å². The topological polar surface area (TPSA) is 48.0 Å². The maximum absolute atomic E-state index is 13.0. The summed E-state index contributed by atoms with van der Waals surface area (Å²) >= 11 is 6.53. The van der Waals surface area contributed by atoms with Gasteiger partial charge in [0.15, 0.2) is 15.8 Å². The predicted octanol–water partition coefficient (Wildman–Crippen LogP) is 5.10. The van der Waals surface area contributed by atoms with Crippen LogP contribution in [0.1, 0.15) is 12.5 Å². The summed E-state index contributed by atoms with van der Waals surface area (Å²) in [6, 6.07) is 11.6. The van der Waals surface area contributed by atoms with Crippen LogP contribution in [0, 0.1) is 0 Å². The zero-order valence-corrected chi connectivity index (χ0v) is 17.2. The van der Waals surface area contributed by atoms with E-state index in [1.807, 2.05) is 0 Å². The summed E-state index contributed by atoms with van der Waals surface area (Å²) in [6.45, 7) is -0.951. The van der Waals surface area contributed by atoms with E-state index in [2.05, 4.69) is 4.74 Å². The number of alkyl halides is 2. The van der Waals surface area contributed by atoms with Crippen molar-refractivity contribution in [3.8, 4) is 17.2 Å². The normalized spacial score (nSPS) is 15.3. The van der Waals surface area contributed by atoms with Gasteiger partial charge in [0.2, 0.25) is 0 Å². The minimum Gasteiger partial charge on any atom is -0.495 e. The van der Waals surface area contributed by atoms with Crippen molar-refractivity contribution in [2.75, 3.05) is 18.6 Å². The van der Waals surface area contributed by atoms with Crippen LogP contribution >= 0.6 is 24.0 Å². The van der Waals surface area contributed by atoms with Crippen molar-refractivity contribution in [1.29, 1.82) is 0 Å². The number of benzene rings is 2. The van der Waals surface area contributed by atoms with Gasteiger partial charge >= 0.3 is 6.61 Å². The molecule has 1 fully saturated rings. The third-order valence-corrected chi connectivity index (χ3v) is 5.20. The largest absolute Gasteiger partial charge is 0.495 e. The Morgan fingerprint density at radius 2 is 1.93 bits per heavy atom. The number of para-hydroxylation sites is 2. The Hall–Kier alpha value is -2.65. The molecule has 0 bridgehead atoms. The van der Waals surface area contributed by atoms with E-state index in [9.17, 15) is 13.6 Å². The van der Waals surface area contributed by atoms with Gasteiger partial charge < -0.3 is 14.2 Å². The summed E-state index contributed by atoms with van der Waals surface area (Å²) in [5, 5.41) is 0. The molecule has 152 valence electrons. The van der Waals surface area contributed by atoms with Gasteiger partial charge in [0, 0.05) is 0 Å². The Morgan fingerprint density at radius 1 is 1.17 bits per heavy atom. The number of anilines is 1. The van der Waals surface area contributed by atoms with Crippen LogP contribution < -0.4 is 19.1 Å². The van der Waals surface area contributed by atoms with Crippen LogP contribution in [0.15, 0.2) is 47.4 Å². The molecule has 1 aliphatic heterocycles. The van der Waals surface area contributed by atoms with Crippen LogP contribution in [0.2, 0.25) is 0 Å². The number of halogens is 2. The van der Waals surface area contributed by atoms with E-state index in [1.54, 1.807) is 43.3 Å². The van der Waals surface area contributed by atoms with Crippen molar-refractivity contribution in [2.45, 2.75) is 13.5 Å². The summed E-state index contributed by atoms with van der Waals surface area (Å²) in [4.78, 5) is 14.8. The van der Waals surface area contributed by atoms with Gasteiger partial charge in [-0.15, -0.1) is 0 Å². The summed E-state index contributed by atoms with van der Waals surface area (Å²) in [5.74, 6) is 0.329. The number of thiocarbonyl (C=S) groups is 1. The molecular formula is C20H17F2NO4S2. The molecule has 0 radical (unpaired) electrons. The molecule has 0 spiro atoms. The molecular weight excluding hydrogens is 420 g/mol. The van der Waals surface area contributed by atoms with Crippen LogP contribution in [0.4, 0.5) is 14.5 Å². The second-order valence-electron chi connectivity index (χ2n) is 5.71. The molecule has 9 heteroatoms. The first kappa shape index (κ1) is 21.1. The van der Waals surface area contributed by atoms with Gasteiger partial charge in [-0.1, -0.05) is 42.2 Å². The minimum atomic E-state index is -2.96. The molecule has 5 nitrogen and oxygen atoms in total. The van der Waals surface area contributed by atoms with Gasteiger partial charge in [-0.25, -0.2) is 0 Å². The van der Waals surface area contributed by atoms with Crippen molar-refractivity contribution < 1.29 is 27.8 Å². The zero-order valence-electron chi connectivity index (χ0n) is 15.6. The fourth-order valence-electron chi connectivity index (χ4n) is 2.72. The molecule has 0 saturated carbocycles. The fraction of sp³-hybridized carbons (Fsp3) is 0.200. The van der Waals surface area contributed by atoms with Crippen molar-refractivity contribution in [2.24, 2.45) is 0 Å². The van der Waals surface area contributed by atoms with Gasteiger partial charge in [0.25, 0.3) is 5.91 Å². The average Bonchev–Trinajstić information content (AvgIpc) is 2.96. The molecule has 1 amide bonds. The lowest BCUT2D eigenvalue weighted by molar-refractivity contribution is -0.113. The first-order valence-corrected chi connectivity index (χ1v) is 9.79. The zero-order chi connectivity index (χ0) is 21.0. The SMILES string of the molecule is CCOc1cc(/C=C2\SC(=S)N(c3ccccc3OC)C2=O)ccc1OC(F)F. The van der Waals surface area contributed by atoms with Crippen molar-refractivity contribution in [3.05, 3.63) is 52.9 Å². The molecule has 0 aliphatic carbocycles. The Labute approximate surface area is 176 Å². The molecule has 1 aliphatic rings. The highest BCUT2D eigenvalue weighted by Crippen LogP contribution is 2.40. The number of methoxy groups -OCH3 is 1. The number of carbonyl (C=O) groups is 1. The lowest BCUT2D eigenvalue weighted by Crippen LogP contribution is -2.27. The maximum atomic E-state index is 13.0. The molecule has 29 heavy (non-hydrogen) atoms.